The molecule has 9 heteroatoms. The molecule has 1 amide bonds. The first-order valence-electron chi connectivity index (χ1n) is 10.4. The van der Waals surface area contributed by atoms with Crippen LogP contribution in [0.5, 0.6) is 11.5 Å². The largest absolute Gasteiger partial charge is 0.467 e. The van der Waals surface area contributed by atoms with Crippen LogP contribution in [-0.4, -0.2) is 14.3 Å². The molecule has 174 valence electrons. The fourth-order valence-electron chi connectivity index (χ4n) is 3.26. The molecular formula is C25H23N3O5S. The van der Waals surface area contributed by atoms with Gasteiger partial charge in [0.2, 0.25) is 10.0 Å². The predicted octanol–water partition coefficient (Wildman–Crippen LogP) is 4.26. The average molecular weight is 478 g/mol. The molecule has 0 fully saturated rings. The first-order valence-corrected chi connectivity index (χ1v) is 12.0. The number of hydrogen-bond donors (Lipinski definition) is 3. The topological polar surface area (TPSA) is 124 Å². The fourth-order valence-corrected chi connectivity index (χ4v) is 3.96. The molecule has 4 aromatic rings. The number of furan rings is 1. The molecule has 0 aliphatic heterocycles. The van der Waals surface area contributed by atoms with Crippen LogP contribution >= 0.6 is 0 Å². The van der Waals surface area contributed by atoms with Crippen LogP contribution in [0.25, 0.3) is 0 Å². The number of para-hydroxylation sites is 1. The van der Waals surface area contributed by atoms with E-state index in [1.54, 1.807) is 36.4 Å². The first-order chi connectivity index (χ1) is 16.4. The van der Waals surface area contributed by atoms with Crippen molar-refractivity contribution in [1.82, 2.24) is 5.32 Å². The van der Waals surface area contributed by atoms with Gasteiger partial charge in [-0.1, -0.05) is 48.5 Å². The Morgan fingerprint density at radius 1 is 0.912 bits per heavy atom. The number of sulfonamides is 1. The molecule has 34 heavy (non-hydrogen) atoms. The number of amides is 1. The number of primary sulfonamides is 1. The van der Waals surface area contributed by atoms with Gasteiger partial charge in [0, 0.05) is 12.1 Å². The summed E-state index contributed by atoms with van der Waals surface area (Å²) in [6.45, 7) is 0.513. The monoisotopic (exact) mass is 477 g/mol. The van der Waals surface area contributed by atoms with Crippen molar-refractivity contribution in [3.8, 4) is 11.5 Å². The van der Waals surface area contributed by atoms with E-state index in [2.05, 4.69) is 10.6 Å². The number of ether oxygens (including phenoxy) is 1. The molecule has 0 radical (unpaired) electrons. The van der Waals surface area contributed by atoms with E-state index in [1.807, 2.05) is 36.4 Å². The quantitative estimate of drug-likeness (QED) is 0.331. The van der Waals surface area contributed by atoms with E-state index in [1.165, 1.54) is 18.4 Å². The van der Waals surface area contributed by atoms with Crippen molar-refractivity contribution in [1.29, 1.82) is 0 Å². The fraction of sp³-hybridized carbons (Fsp3) is 0.0800. The van der Waals surface area contributed by atoms with Gasteiger partial charge in [-0.15, -0.1) is 0 Å². The van der Waals surface area contributed by atoms with Crippen LogP contribution in [0.3, 0.4) is 0 Å². The number of nitrogens with one attached hydrogen (secondary N) is 2. The molecule has 4 N–H and O–H groups in total. The number of nitrogens with two attached hydrogens (primary N) is 1. The number of rotatable bonds is 9. The van der Waals surface area contributed by atoms with Gasteiger partial charge in [0.15, 0.2) is 5.75 Å². The van der Waals surface area contributed by atoms with Crippen LogP contribution in [0.15, 0.2) is 101 Å². The second-order valence-electron chi connectivity index (χ2n) is 7.41. The van der Waals surface area contributed by atoms with Gasteiger partial charge >= 0.3 is 0 Å². The van der Waals surface area contributed by atoms with Crippen LogP contribution in [0.2, 0.25) is 0 Å². The van der Waals surface area contributed by atoms with Crippen molar-refractivity contribution in [3.63, 3.8) is 0 Å². The Bertz CT molecular complexity index is 1360. The summed E-state index contributed by atoms with van der Waals surface area (Å²) in [7, 11) is -4.24. The standard InChI is InChI=1S/C25H23N3O5S/c26-34(30,31)23-15-19(25(29)28-16-18-8-3-1-4-9-18)14-22(27-17-21-12-7-13-32-21)24(23)33-20-10-5-2-6-11-20/h1-15,27H,16-17H2,(H,28,29)(H2,26,30,31). The molecule has 0 saturated carbocycles. The minimum atomic E-state index is -4.24. The molecule has 0 unspecified atom stereocenters. The van der Waals surface area contributed by atoms with Crippen molar-refractivity contribution >= 4 is 21.6 Å². The summed E-state index contributed by atoms with van der Waals surface area (Å²) in [6, 6.07) is 24.3. The number of benzene rings is 3. The van der Waals surface area contributed by atoms with Crippen LogP contribution in [0, 0.1) is 0 Å². The molecule has 4 rings (SSSR count). The van der Waals surface area contributed by atoms with Gasteiger partial charge in [-0.3, -0.25) is 4.79 Å². The second-order valence-corrected chi connectivity index (χ2v) is 8.94. The van der Waals surface area contributed by atoms with E-state index in [0.717, 1.165) is 5.56 Å². The second kappa shape index (κ2) is 10.2. The van der Waals surface area contributed by atoms with Gasteiger partial charge in [0.25, 0.3) is 5.91 Å². The van der Waals surface area contributed by atoms with Gasteiger partial charge in [-0.2, -0.15) is 0 Å². The summed E-state index contributed by atoms with van der Waals surface area (Å²) < 4.78 is 36.3. The lowest BCUT2D eigenvalue weighted by Gasteiger charge is -2.17. The molecule has 0 aliphatic rings. The van der Waals surface area contributed by atoms with E-state index in [9.17, 15) is 13.2 Å². The molecule has 0 aliphatic carbocycles. The van der Waals surface area contributed by atoms with Crippen molar-refractivity contribution in [2.75, 3.05) is 5.32 Å². The Morgan fingerprint density at radius 2 is 1.62 bits per heavy atom. The third-order valence-corrected chi connectivity index (χ3v) is 5.83. The molecule has 1 heterocycles. The number of hydrogen-bond acceptors (Lipinski definition) is 6. The van der Waals surface area contributed by atoms with Gasteiger partial charge < -0.3 is 19.8 Å². The minimum absolute atomic E-state index is 0.0140. The highest BCUT2D eigenvalue weighted by atomic mass is 32.2. The summed E-state index contributed by atoms with van der Waals surface area (Å²) in [4.78, 5) is 12.6. The smallest absolute Gasteiger partial charge is 0.251 e. The molecule has 3 aromatic carbocycles. The van der Waals surface area contributed by atoms with Gasteiger partial charge in [0.1, 0.15) is 16.4 Å². The Balaban J connectivity index is 1.71. The molecular weight excluding hydrogens is 454 g/mol. The molecule has 1 aromatic heterocycles. The predicted molar refractivity (Wildman–Crippen MR) is 128 cm³/mol. The van der Waals surface area contributed by atoms with Crippen molar-refractivity contribution in [2.45, 2.75) is 18.0 Å². The highest BCUT2D eigenvalue weighted by molar-refractivity contribution is 7.89. The highest BCUT2D eigenvalue weighted by Crippen LogP contribution is 2.37. The zero-order chi connectivity index (χ0) is 24.0. The van der Waals surface area contributed by atoms with Crippen LogP contribution in [-0.2, 0) is 23.1 Å². The molecule has 0 bridgehead atoms. The van der Waals surface area contributed by atoms with Crippen molar-refractivity contribution in [2.24, 2.45) is 5.14 Å². The van der Waals surface area contributed by atoms with Crippen LogP contribution in [0.4, 0.5) is 5.69 Å². The van der Waals surface area contributed by atoms with E-state index >= 15 is 0 Å². The Kier molecular flexibility index (Phi) is 6.95. The lowest BCUT2D eigenvalue weighted by atomic mass is 10.1. The molecule has 0 atom stereocenters. The summed E-state index contributed by atoms with van der Waals surface area (Å²) in [5, 5.41) is 11.4. The first kappa shape index (κ1) is 23.1. The van der Waals surface area contributed by atoms with E-state index in [4.69, 9.17) is 14.3 Å². The Morgan fingerprint density at radius 3 is 2.26 bits per heavy atom. The molecule has 8 nitrogen and oxygen atoms in total. The lowest BCUT2D eigenvalue weighted by Crippen LogP contribution is -2.24. The third kappa shape index (κ3) is 5.83. The molecule has 0 saturated heterocycles. The van der Waals surface area contributed by atoms with E-state index < -0.39 is 15.9 Å². The Labute approximate surface area is 197 Å². The SMILES string of the molecule is NS(=O)(=O)c1cc(C(=O)NCc2ccccc2)cc(NCc2ccco2)c1Oc1ccccc1. The summed E-state index contributed by atoms with van der Waals surface area (Å²) in [5.41, 5.74) is 1.29. The van der Waals surface area contributed by atoms with Crippen LogP contribution in [0.1, 0.15) is 21.7 Å². The highest BCUT2D eigenvalue weighted by Gasteiger charge is 2.24. The summed E-state index contributed by atoms with van der Waals surface area (Å²) >= 11 is 0. The minimum Gasteiger partial charge on any atom is -0.467 e. The average Bonchev–Trinajstić information content (AvgIpc) is 3.36. The van der Waals surface area contributed by atoms with Gasteiger partial charge in [-0.25, -0.2) is 13.6 Å². The van der Waals surface area contributed by atoms with E-state index in [0.29, 0.717) is 11.5 Å². The van der Waals surface area contributed by atoms with Gasteiger partial charge in [0.05, 0.1) is 18.5 Å². The lowest BCUT2D eigenvalue weighted by molar-refractivity contribution is 0.0950. The number of carbonyl (C=O) groups excluding carboxylic acids is 1. The summed E-state index contributed by atoms with van der Waals surface area (Å²) in [6.07, 6.45) is 1.53. The normalized spacial score (nSPS) is 11.1. The van der Waals surface area contributed by atoms with E-state index in [-0.39, 0.29) is 35.0 Å². The Hall–Kier alpha value is -4.08. The van der Waals surface area contributed by atoms with Crippen molar-refractivity contribution in [3.05, 3.63) is 108 Å². The zero-order valence-electron chi connectivity index (χ0n) is 18.1. The molecule has 0 spiro atoms. The maximum Gasteiger partial charge on any atom is 0.251 e. The van der Waals surface area contributed by atoms with Gasteiger partial charge in [-0.05, 0) is 42.0 Å². The number of carbonyl (C=O) groups is 1. The number of anilines is 1. The van der Waals surface area contributed by atoms with Crippen molar-refractivity contribution < 1.29 is 22.4 Å². The maximum atomic E-state index is 12.9. The maximum absolute atomic E-state index is 12.9. The summed E-state index contributed by atoms with van der Waals surface area (Å²) in [5.74, 6) is 0.553. The van der Waals surface area contributed by atoms with Crippen LogP contribution < -0.4 is 20.5 Å². The zero-order valence-corrected chi connectivity index (χ0v) is 18.9. The third-order valence-electron chi connectivity index (χ3n) is 4.92.